The van der Waals surface area contributed by atoms with E-state index in [9.17, 15) is 14.7 Å². The molecule has 2 rings (SSSR count). The van der Waals surface area contributed by atoms with Gasteiger partial charge < -0.3 is 5.11 Å². The fourth-order valence-corrected chi connectivity index (χ4v) is 1.28. The van der Waals surface area contributed by atoms with Gasteiger partial charge in [0.15, 0.2) is 0 Å². The SMILES string of the molecule is O=c1cc(O)n(CCn2ccnn2)c(=O)[nH]1. The molecular weight excluding hydrogens is 214 g/mol. The summed E-state index contributed by atoms with van der Waals surface area (Å²) in [4.78, 5) is 24.2. The molecule has 8 nitrogen and oxygen atoms in total. The first-order chi connectivity index (χ1) is 7.66. The molecule has 0 aliphatic rings. The van der Waals surface area contributed by atoms with E-state index in [1.807, 2.05) is 0 Å². The summed E-state index contributed by atoms with van der Waals surface area (Å²) in [6.45, 7) is 0.574. The number of aromatic amines is 1. The van der Waals surface area contributed by atoms with Gasteiger partial charge in [-0.2, -0.15) is 0 Å². The highest BCUT2D eigenvalue weighted by atomic mass is 16.3. The predicted octanol–water partition coefficient (Wildman–Crippen LogP) is -1.47. The lowest BCUT2D eigenvalue weighted by molar-refractivity contribution is 0.384. The highest BCUT2D eigenvalue weighted by molar-refractivity contribution is 5.05. The standard InChI is InChI=1S/C8H9N5O3/c14-6-5-7(15)13(8(16)10-6)4-3-12-2-1-9-11-12/h1-2,5,15H,3-4H2,(H,10,14,16). The molecule has 0 spiro atoms. The summed E-state index contributed by atoms with van der Waals surface area (Å²) in [6, 6.07) is 0.947. The minimum atomic E-state index is -0.648. The first kappa shape index (κ1) is 10.1. The zero-order valence-corrected chi connectivity index (χ0v) is 8.20. The number of rotatable bonds is 3. The summed E-state index contributed by atoms with van der Waals surface area (Å²) in [7, 11) is 0. The van der Waals surface area contributed by atoms with E-state index in [0.717, 1.165) is 10.6 Å². The molecule has 2 aromatic heterocycles. The molecule has 0 aliphatic heterocycles. The Morgan fingerprint density at radius 2 is 2.19 bits per heavy atom. The maximum Gasteiger partial charge on any atom is 0.331 e. The van der Waals surface area contributed by atoms with Crippen LogP contribution in [0.15, 0.2) is 28.0 Å². The molecule has 84 valence electrons. The van der Waals surface area contributed by atoms with Gasteiger partial charge in [-0.15, -0.1) is 5.10 Å². The van der Waals surface area contributed by atoms with Gasteiger partial charge in [-0.05, 0) is 0 Å². The number of nitrogens with zero attached hydrogens (tertiary/aromatic N) is 4. The highest BCUT2D eigenvalue weighted by Gasteiger charge is 2.04. The van der Waals surface area contributed by atoms with E-state index in [0.29, 0.717) is 6.54 Å². The Balaban J connectivity index is 2.22. The van der Waals surface area contributed by atoms with Crippen LogP contribution in [-0.4, -0.2) is 29.7 Å². The van der Waals surface area contributed by atoms with Crippen molar-refractivity contribution in [3.63, 3.8) is 0 Å². The lowest BCUT2D eigenvalue weighted by Crippen LogP contribution is -2.30. The monoisotopic (exact) mass is 223 g/mol. The fraction of sp³-hybridized carbons (Fsp3) is 0.250. The topological polar surface area (TPSA) is 106 Å². The van der Waals surface area contributed by atoms with Gasteiger partial charge in [-0.3, -0.25) is 19.0 Å². The van der Waals surface area contributed by atoms with Gasteiger partial charge in [0.2, 0.25) is 5.88 Å². The first-order valence-corrected chi connectivity index (χ1v) is 4.54. The van der Waals surface area contributed by atoms with Gasteiger partial charge in [0.1, 0.15) is 0 Å². The summed E-state index contributed by atoms with van der Waals surface area (Å²) >= 11 is 0. The average Bonchev–Trinajstić information content (AvgIpc) is 2.68. The van der Waals surface area contributed by atoms with Gasteiger partial charge in [-0.25, -0.2) is 4.79 Å². The fourth-order valence-electron chi connectivity index (χ4n) is 1.28. The largest absolute Gasteiger partial charge is 0.494 e. The first-order valence-electron chi connectivity index (χ1n) is 4.54. The minimum absolute atomic E-state index is 0.199. The minimum Gasteiger partial charge on any atom is -0.494 e. The summed E-state index contributed by atoms with van der Waals surface area (Å²) in [5.74, 6) is -0.367. The zero-order valence-electron chi connectivity index (χ0n) is 8.20. The third-order valence-corrected chi connectivity index (χ3v) is 2.04. The van der Waals surface area contributed by atoms with E-state index in [2.05, 4.69) is 15.3 Å². The van der Waals surface area contributed by atoms with Crippen molar-refractivity contribution in [3.8, 4) is 5.88 Å². The van der Waals surface area contributed by atoms with E-state index >= 15 is 0 Å². The van der Waals surface area contributed by atoms with Crippen molar-refractivity contribution in [2.45, 2.75) is 13.1 Å². The molecule has 0 radical (unpaired) electrons. The molecule has 2 heterocycles. The number of hydrogen-bond acceptors (Lipinski definition) is 5. The maximum atomic E-state index is 11.3. The van der Waals surface area contributed by atoms with E-state index in [4.69, 9.17) is 0 Å². The Kier molecular flexibility index (Phi) is 2.54. The maximum absolute atomic E-state index is 11.3. The molecule has 8 heteroatoms. The normalized spacial score (nSPS) is 10.5. The quantitative estimate of drug-likeness (QED) is 0.661. The third-order valence-electron chi connectivity index (χ3n) is 2.04. The Morgan fingerprint density at radius 3 is 2.81 bits per heavy atom. The number of hydrogen-bond donors (Lipinski definition) is 2. The van der Waals surface area contributed by atoms with Crippen LogP contribution in [0, 0.1) is 0 Å². The molecule has 0 unspecified atom stereocenters. The van der Waals surface area contributed by atoms with Crippen molar-refractivity contribution in [1.82, 2.24) is 24.5 Å². The van der Waals surface area contributed by atoms with Gasteiger partial charge in [0.25, 0.3) is 5.56 Å². The molecular formula is C8H9N5O3. The highest BCUT2D eigenvalue weighted by Crippen LogP contribution is 2.00. The summed E-state index contributed by atoms with van der Waals surface area (Å²) in [5, 5.41) is 16.7. The second kappa shape index (κ2) is 4.01. The van der Waals surface area contributed by atoms with E-state index in [1.165, 1.54) is 10.9 Å². The Bertz CT molecular complexity index is 582. The molecule has 0 atom stereocenters. The predicted molar refractivity (Wildman–Crippen MR) is 53.0 cm³/mol. The number of aromatic hydroxyl groups is 1. The van der Waals surface area contributed by atoms with Crippen LogP contribution in [0.5, 0.6) is 5.88 Å². The molecule has 0 aromatic carbocycles. The van der Waals surface area contributed by atoms with Gasteiger partial charge in [0.05, 0.1) is 25.4 Å². The second-order valence-electron chi connectivity index (χ2n) is 3.11. The van der Waals surface area contributed by atoms with Crippen LogP contribution in [0.25, 0.3) is 0 Å². The van der Waals surface area contributed by atoms with Crippen LogP contribution in [0.2, 0.25) is 0 Å². The molecule has 0 bridgehead atoms. The van der Waals surface area contributed by atoms with E-state index < -0.39 is 11.2 Å². The Morgan fingerprint density at radius 1 is 1.38 bits per heavy atom. The molecule has 0 saturated heterocycles. The molecule has 0 fully saturated rings. The van der Waals surface area contributed by atoms with Crippen molar-refractivity contribution in [2.24, 2.45) is 0 Å². The van der Waals surface area contributed by atoms with Crippen molar-refractivity contribution in [1.29, 1.82) is 0 Å². The second-order valence-corrected chi connectivity index (χ2v) is 3.11. The molecule has 0 saturated carbocycles. The van der Waals surface area contributed by atoms with Gasteiger partial charge in [0, 0.05) is 6.20 Å². The van der Waals surface area contributed by atoms with Crippen molar-refractivity contribution in [3.05, 3.63) is 39.3 Å². The van der Waals surface area contributed by atoms with E-state index in [1.54, 1.807) is 6.20 Å². The number of aromatic nitrogens is 5. The van der Waals surface area contributed by atoms with Crippen LogP contribution < -0.4 is 11.2 Å². The van der Waals surface area contributed by atoms with Crippen molar-refractivity contribution >= 4 is 0 Å². The van der Waals surface area contributed by atoms with Crippen LogP contribution >= 0.6 is 0 Å². The number of nitrogens with one attached hydrogen (secondary N) is 1. The Labute approximate surface area is 88.8 Å². The van der Waals surface area contributed by atoms with Crippen LogP contribution in [-0.2, 0) is 13.1 Å². The smallest absolute Gasteiger partial charge is 0.331 e. The lowest BCUT2D eigenvalue weighted by atomic mass is 10.5. The summed E-state index contributed by atoms with van der Waals surface area (Å²) < 4.78 is 2.56. The molecule has 2 N–H and O–H groups in total. The average molecular weight is 223 g/mol. The lowest BCUT2D eigenvalue weighted by Gasteiger charge is -2.06. The molecule has 16 heavy (non-hydrogen) atoms. The van der Waals surface area contributed by atoms with Crippen molar-refractivity contribution < 1.29 is 5.11 Å². The van der Waals surface area contributed by atoms with Gasteiger partial charge >= 0.3 is 5.69 Å². The number of H-pyrrole nitrogens is 1. The summed E-state index contributed by atoms with van der Waals surface area (Å²) in [5.41, 5.74) is -1.27. The number of aryl methyl sites for hydroxylation is 1. The summed E-state index contributed by atoms with van der Waals surface area (Å²) in [6.07, 6.45) is 3.14. The Hall–Kier alpha value is -2.38. The van der Waals surface area contributed by atoms with Crippen LogP contribution in [0.4, 0.5) is 0 Å². The molecule has 0 amide bonds. The van der Waals surface area contributed by atoms with Crippen LogP contribution in [0.1, 0.15) is 0 Å². The zero-order chi connectivity index (χ0) is 11.5. The molecule has 0 aliphatic carbocycles. The van der Waals surface area contributed by atoms with Gasteiger partial charge in [-0.1, -0.05) is 5.21 Å². The van der Waals surface area contributed by atoms with Crippen LogP contribution in [0.3, 0.4) is 0 Å². The molecule has 2 aromatic rings. The third kappa shape index (κ3) is 2.00. The van der Waals surface area contributed by atoms with E-state index in [-0.39, 0.29) is 12.4 Å². The van der Waals surface area contributed by atoms with Crippen molar-refractivity contribution in [2.75, 3.05) is 0 Å².